The predicted octanol–water partition coefficient (Wildman–Crippen LogP) is 3.10. The average molecular weight is 493 g/mol. The number of amides is 1. The molecule has 1 amide bonds. The summed E-state index contributed by atoms with van der Waals surface area (Å²) in [6.07, 6.45) is 4.63. The Labute approximate surface area is 180 Å². The molecule has 1 saturated carbocycles. The maximum atomic E-state index is 12.9. The van der Waals surface area contributed by atoms with E-state index < -0.39 is 10.0 Å². The third-order valence-corrected chi connectivity index (χ3v) is 8.54. The van der Waals surface area contributed by atoms with Crippen molar-refractivity contribution in [1.82, 2.24) is 14.5 Å². The Morgan fingerprint density at radius 2 is 1.89 bits per heavy atom. The molecule has 1 heterocycles. The quantitative estimate of drug-likeness (QED) is 0.686. The van der Waals surface area contributed by atoms with Crippen molar-refractivity contribution in [2.75, 3.05) is 32.7 Å². The van der Waals surface area contributed by atoms with Crippen molar-refractivity contribution in [3.8, 4) is 0 Å². The maximum absolute atomic E-state index is 12.9. The van der Waals surface area contributed by atoms with E-state index in [1.807, 2.05) is 4.90 Å². The topological polar surface area (TPSA) is 69.7 Å². The standard InChI is InChI=1S/C19H27BrClN3O3S/c1-14-4-2-3-5-17(14)22-19(25)13-23-8-10-24(11-9-23)28(26,27)18-7-6-15(20)12-16(18)21/h6-7,12,14,17H,2-5,8-11,13H2,1H3,(H,22,25)/t14-,17-/m1/s1. The van der Waals surface area contributed by atoms with E-state index >= 15 is 0 Å². The minimum Gasteiger partial charge on any atom is -0.352 e. The first-order valence-corrected chi connectivity index (χ1v) is 12.4. The summed E-state index contributed by atoms with van der Waals surface area (Å²) >= 11 is 9.43. The van der Waals surface area contributed by atoms with Crippen LogP contribution in [0.5, 0.6) is 0 Å². The molecular weight excluding hydrogens is 466 g/mol. The van der Waals surface area contributed by atoms with Crippen molar-refractivity contribution in [3.63, 3.8) is 0 Å². The molecule has 0 bridgehead atoms. The second kappa shape index (κ2) is 9.43. The molecule has 2 fully saturated rings. The van der Waals surface area contributed by atoms with Gasteiger partial charge in [-0.25, -0.2) is 8.42 Å². The molecule has 2 atom stereocenters. The molecule has 1 aliphatic carbocycles. The first kappa shape index (κ1) is 22.0. The van der Waals surface area contributed by atoms with Gasteiger partial charge in [-0.15, -0.1) is 0 Å². The van der Waals surface area contributed by atoms with E-state index in [0.717, 1.165) is 10.9 Å². The number of piperazine rings is 1. The summed E-state index contributed by atoms with van der Waals surface area (Å²) in [6, 6.07) is 5.04. The van der Waals surface area contributed by atoms with Gasteiger partial charge < -0.3 is 5.32 Å². The van der Waals surface area contributed by atoms with Crippen molar-refractivity contribution in [2.24, 2.45) is 5.92 Å². The zero-order chi connectivity index (χ0) is 20.3. The minimum absolute atomic E-state index is 0.0333. The Bertz CT molecular complexity index is 813. The number of sulfonamides is 1. The van der Waals surface area contributed by atoms with Gasteiger partial charge in [-0.3, -0.25) is 9.69 Å². The second-order valence-corrected chi connectivity index (χ2v) is 10.9. The molecule has 3 rings (SSSR count). The summed E-state index contributed by atoms with van der Waals surface area (Å²) in [4.78, 5) is 14.5. The fraction of sp³-hybridized carbons (Fsp3) is 0.632. The Morgan fingerprint density at radius 3 is 2.54 bits per heavy atom. The van der Waals surface area contributed by atoms with Crippen molar-refractivity contribution in [2.45, 2.75) is 43.5 Å². The van der Waals surface area contributed by atoms with Gasteiger partial charge in [-0.2, -0.15) is 4.31 Å². The van der Waals surface area contributed by atoms with Gasteiger partial charge in [0.25, 0.3) is 0 Å². The van der Waals surface area contributed by atoms with Crippen LogP contribution in [0.3, 0.4) is 0 Å². The molecule has 1 N–H and O–H groups in total. The Kier molecular flexibility index (Phi) is 7.42. The summed E-state index contributed by atoms with van der Waals surface area (Å²) in [5.74, 6) is 0.557. The highest BCUT2D eigenvalue weighted by Gasteiger charge is 2.31. The van der Waals surface area contributed by atoms with Gasteiger partial charge in [-0.05, 0) is 37.0 Å². The summed E-state index contributed by atoms with van der Waals surface area (Å²) < 4.78 is 27.9. The number of nitrogens with one attached hydrogen (secondary N) is 1. The molecule has 9 heteroatoms. The van der Waals surface area contributed by atoms with Crippen LogP contribution in [0.2, 0.25) is 5.02 Å². The van der Waals surface area contributed by atoms with Crippen LogP contribution in [-0.2, 0) is 14.8 Å². The minimum atomic E-state index is -3.64. The number of halogens is 2. The van der Waals surface area contributed by atoms with Crippen molar-refractivity contribution < 1.29 is 13.2 Å². The highest BCUT2D eigenvalue weighted by atomic mass is 79.9. The summed E-state index contributed by atoms with van der Waals surface area (Å²) in [6.45, 7) is 4.27. The van der Waals surface area contributed by atoms with E-state index in [4.69, 9.17) is 11.6 Å². The molecule has 0 unspecified atom stereocenters. The zero-order valence-electron chi connectivity index (χ0n) is 16.0. The molecule has 1 aromatic carbocycles. The highest BCUT2D eigenvalue weighted by molar-refractivity contribution is 9.10. The summed E-state index contributed by atoms with van der Waals surface area (Å²) in [5, 5.41) is 3.37. The van der Waals surface area contributed by atoms with Crippen LogP contribution in [-0.4, -0.2) is 62.3 Å². The molecular formula is C19H27BrClN3O3S. The lowest BCUT2D eigenvalue weighted by molar-refractivity contribution is -0.123. The monoisotopic (exact) mass is 491 g/mol. The van der Waals surface area contributed by atoms with Gasteiger partial charge in [-0.1, -0.05) is 47.3 Å². The second-order valence-electron chi connectivity index (χ2n) is 7.69. The van der Waals surface area contributed by atoms with Crippen LogP contribution in [0.15, 0.2) is 27.6 Å². The molecule has 156 valence electrons. The zero-order valence-corrected chi connectivity index (χ0v) is 19.2. The van der Waals surface area contributed by atoms with Gasteiger partial charge in [0, 0.05) is 36.7 Å². The number of hydrogen-bond acceptors (Lipinski definition) is 4. The number of rotatable bonds is 5. The molecule has 6 nitrogen and oxygen atoms in total. The third-order valence-electron chi connectivity index (χ3n) is 5.67. The Hall–Kier alpha value is -0.670. The van der Waals surface area contributed by atoms with Gasteiger partial charge in [0.2, 0.25) is 15.9 Å². The maximum Gasteiger partial charge on any atom is 0.244 e. The van der Waals surface area contributed by atoms with Gasteiger partial charge in [0.1, 0.15) is 4.90 Å². The van der Waals surface area contributed by atoms with Gasteiger partial charge in [0.15, 0.2) is 0 Å². The third kappa shape index (κ3) is 5.27. The Morgan fingerprint density at radius 1 is 1.21 bits per heavy atom. The van der Waals surface area contributed by atoms with Gasteiger partial charge >= 0.3 is 0 Å². The average Bonchev–Trinajstić information content (AvgIpc) is 2.64. The fourth-order valence-electron chi connectivity index (χ4n) is 3.94. The van der Waals surface area contributed by atoms with Crippen LogP contribution in [0.4, 0.5) is 0 Å². The molecule has 1 aliphatic heterocycles. The first-order valence-electron chi connectivity index (χ1n) is 9.74. The molecule has 2 aliphatic rings. The summed E-state index contributed by atoms with van der Waals surface area (Å²) in [5.41, 5.74) is 0. The van der Waals surface area contributed by atoms with Crippen molar-refractivity contribution in [3.05, 3.63) is 27.7 Å². The normalized spacial score (nSPS) is 24.8. The SMILES string of the molecule is C[C@@H]1CCCC[C@H]1NC(=O)CN1CCN(S(=O)(=O)c2ccc(Br)cc2Cl)CC1. The largest absolute Gasteiger partial charge is 0.352 e. The van der Waals surface area contributed by atoms with Crippen LogP contribution < -0.4 is 5.32 Å². The van der Waals surface area contributed by atoms with E-state index in [2.05, 4.69) is 28.2 Å². The lowest BCUT2D eigenvalue weighted by Gasteiger charge is -2.35. The number of nitrogens with zero attached hydrogens (tertiary/aromatic N) is 2. The number of carbonyl (C=O) groups excluding carboxylic acids is 1. The highest BCUT2D eigenvalue weighted by Crippen LogP contribution is 2.28. The van der Waals surface area contributed by atoms with Crippen LogP contribution >= 0.6 is 27.5 Å². The number of carbonyl (C=O) groups is 1. The number of benzene rings is 1. The van der Waals surface area contributed by atoms with E-state index in [1.54, 1.807) is 12.1 Å². The molecule has 0 aromatic heterocycles. The molecule has 0 spiro atoms. The number of hydrogen-bond donors (Lipinski definition) is 1. The first-order chi connectivity index (χ1) is 13.3. The molecule has 0 radical (unpaired) electrons. The van der Waals surface area contributed by atoms with E-state index in [1.165, 1.54) is 29.6 Å². The lowest BCUT2D eigenvalue weighted by Crippen LogP contribution is -2.52. The van der Waals surface area contributed by atoms with Gasteiger partial charge in [0.05, 0.1) is 11.6 Å². The van der Waals surface area contributed by atoms with E-state index in [-0.39, 0.29) is 21.9 Å². The van der Waals surface area contributed by atoms with Crippen LogP contribution in [0.25, 0.3) is 0 Å². The molecule has 28 heavy (non-hydrogen) atoms. The Balaban J connectivity index is 1.53. The molecule has 1 saturated heterocycles. The predicted molar refractivity (Wildman–Crippen MR) is 114 cm³/mol. The van der Waals surface area contributed by atoms with E-state index in [0.29, 0.717) is 38.6 Å². The lowest BCUT2D eigenvalue weighted by atomic mass is 9.86. The van der Waals surface area contributed by atoms with Crippen LogP contribution in [0, 0.1) is 5.92 Å². The van der Waals surface area contributed by atoms with Crippen molar-refractivity contribution in [1.29, 1.82) is 0 Å². The molecule has 1 aromatic rings. The fourth-order valence-corrected chi connectivity index (χ4v) is 6.37. The summed E-state index contributed by atoms with van der Waals surface area (Å²) in [7, 11) is -3.64. The van der Waals surface area contributed by atoms with Crippen molar-refractivity contribution >= 4 is 43.5 Å². The van der Waals surface area contributed by atoms with Crippen LogP contribution in [0.1, 0.15) is 32.6 Å². The smallest absolute Gasteiger partial charge is 0.244 e. The van der Waals surface area contributed by atoms with E-state index in [9.17, 15) is 13.2 Å².